The van der Waals surface area contributed by atoms with Crippen molar-refractivity contribution in [2.75, 3.05) is 51.7 Å². The summed E-state index contributed by atoms with van der Waals surface area (Å²) in [5, 5.41) is 8.63. The quantitative estimate of drug-likeness (QED) is 0.641. The standard InChI is InChI=1S/C12H23N3O3S/c1-2-12-19(16,17)15(5-3-4-13)7-6-14-8-10-18-11-9-14/h2-3,5-12H2,1H3. The molecule has 1 aliphatic heterocycles. The lowest BCUT2D eigenvalue weighted by atomic mass is 10.4. The Balaban J connectivity index is 2.51. The smallest absolute Gasteiger partial charge is 0.214 e. The molecule has 0 aromatic carbocycles. The summed E-state index contributed by atoms with van der Waals surface area (Å²) in [5.41, 5.74) is 0. The van der Waals surface area contributed by atoms with Crippen LogP contribution in [0.1, 0.15) is 19.8 Å². The number of hydrogen-bond acceptors (Lipinski definition) is 5. The van der Waals surface area contributed by atoms with Crippen molar-refractivity contribution in [2.45, 2.75) is 19.8 Å². The van der Waals surface area contributed by atoms with Crippen molar-refractivity contribution in [3.05, 3.63) is 0 Å². The molecule has 0 atom stereocenters. The fourth-order valence-corrected chi connectivity index (χ4v) is 3.53. The summed E-state index contributed by atoms with van der Waals surface area (Å²) < 4.78 is 30.9. The van der Waals surface area contributed by atoms with Gasteiger partial charge in [-0.1, -0.05) is 6.92 Å². The molecular formula is C12H23N3O3S. The van der Waals surface area contributed by atoms with Gasteiger partial charge in [-0.3, -0.25) is 4.90 Å². The van der Waals surface area contributed by atoms with E-state index in [2.05, 4.69) is 4.90 Å². The van der Waals surface area contributed by atoms with Crippen molar-refractivity contribution in [3.8, 4) is 6.07 Å². The van der Waals surface area contributed by atoms with Crippen LogP contribution in [0.4, 0.5) is 0 Å². The molecular weight excluding hydrogens is 266 g/mol. The zero-order valence-electron chi connectivity index (χ0n) is 11.5. The van der Waals surface area contributed by atoms with Crippen LogP contribution in [0.5, 0.6) is 0 Å². The minimum absolute atomic E-state index is 0.154. The topological polar surface area (TPSA) is 73.6 Å². The maximum Gasteiger partial charge on any atom is 0.214 e. The van der Waals surface area contributed by atoms with Gasteiger partial charge in [0, 0.05) is 39.1 Å². The van der Waals surface area contributed by atoms with Crippen LogP contribution in [0.2, 0.25) is 0 Å². The first kappa shape index (κ1) is 16.4. The second-order valence-electron chi connectivity index (χ2n) is 4.58. The highest BCUT2D eigenvalue weighted by Crippen LogP contribution is 2.06. The number of nitrogens with zero attached hydrogens (tertiary/aromatic N) is 3. The lowest BCUT2D eigenvalue weighted by Crippen LogP contribution is -2.43. The first-order chi connectivity index (χ1) is 9.10. The van der Waals surface area contributed by atoms with Crippen LogP contribution in [0, 0.1) is 11.3 Å². The summed E-state index contributed by atoms with van der Waals surface area (Å²) >= 11 is 0. The maximum absolute atomic E-state index is 12.1. The van der Waals surface area contributed by atoms with E-state index in [9.17, 15) is 8.42 Å². The van der Waals surface area contributed by atoms with Crippen molar-refractivity contribution < 1.29 is 13.2 Å². The van der Waals surface area contributed by atoms with Crippen LogP contribution in [-0.4, -0.2) is 69.3 Å². The molecule has 7 heteroatoms. The Morgan fingerprint density at radius 1 is 1.32 bits per heavy atom. The van der Waals surface area contributed by atoms with Gasteiger partial charge < -0.3 is 4.74 Å². The van der Waals surface area contributed by atoms with Gasteiger partial charge in [0.15, 0.2) is 0 Å². The Morgan fingerprint density at radius 2 is 2.00 bits per heavy atom. The van der Waals surface area contributed by atoms with Gasteiger partial charge in [-0.25, -0.2) is 8.42 Å². The largest absolute Gasteiger partial charge is 0.379 e. The fourth-order valence-electron chi connectivity index (χ4n) is 2.03. The number of ether oxygens (including phenoxy) is 1. The molecule has 0 aliphatic carbocycles. The third-order valence-corrected chi connectivity index (χ3v) is 5.17. The van der Waals surface area contributed by atoms with E-state index in [1.54, 1.807) is 0 Å². The van der Waals surface area contributed by atoms with E-state index in [0.29, 0.717) is 39.3 Å². The maximum atomic E-state index is 12.1. The molecule has 0 aromatic heterocycles. The number of hydrogen-bond donors (Lipinski definition) is 0. The summed E-state index contributed by atoms with van der Waals surface area (Å²) in [5.74, 6) is 0.154. The molecule has 0 amide bonds. The van der Waals surface area contributed by atoms with Gasteiger partial charge in [-0.2, -0.15) is 9.57 Å². The van der Waals surface area contributed by atoms with Crippen molar-refractivity contribution in [2.24, 2.45) is 0 Å². The summed E-state index contributed by atoms with van der Waals surface area (Å²) in [6.45, 7) is 6.42. The minimum Gasteiger partial charge on any atom is -0.379 e. The van der Waals surface area contributed by atoms with E-state index >= 15 is 0 Å². The fraction of sp³-hybridized carbons (Fsp3) is 0.917. The van der Waals surface area contributed by atoms with E-state index in [4.69, 9.17) is 10.00 Å². The van der Waals surface area contributed by atoms with E-state index in [0.717, 1.165) is 13.1 Å². The lowest BCUT2D eigenvalue weighted by Gasteiger charge is -2.29. The van der Waals surface area contributed by atoms with Crippen LogP contribution >= 0.6 is 0 Å². The van der Waals surface area contributed by atoms with Gasteiger partial charge in [-0.15, -0.1) is 0 Å². The molecule has 0 radical (unpaired) electrons. The molecule has 1 fully saturated rings. The van der Waals surface area contributed by atoms with Gasteiger partial charge in [-0.05, 0) is 6.42 Å². The molecule has 1 heterocycles. The zero-order chi connectivity index (χ0) is 14.1. The second kappa shape index (κ2) is 8.48. The van der Waals surface area contributed by atoms with Gasteiger partial charge in [0.05, 0.1) is 25.0 Å². The number of sulfonamides is 1. The van der Waals surface area contributed by atoms with Gasteiger partial charge in [0.2, 0.25) is 10.0 Å². The highest BCUT2D eigenvalue weighted by Gasteiger charge is 2.21. The monoisotopic (exact) mass is 289 g/mol. The van der Waals surface area contributed by atoms with Crippen LogP contribution in [0.25, 0.3) is 0 Å². The van der Waals surface area contributed by atoms with Crippen LogP contribution in [0.15, 0.2) is 0 Å². The molecule has 110 valence electrons. The molecule has 0 aromatic rings. The Morgan fingerprint density at radius 3 is 2.58 bits per heavy atom. The van der Waals surface area contributed by atoms with Gasteiger partial charge in [0.1, 0.15) is 0 Å². The minimum atomic E-state index is -3.22. The third kappa shape index (κ3) is 5.87. The average Bonchev–Trinajstić information content (AvgIpc) is 2.39. The Bertz CT molecular complexity index is 386. The molecule has 0 N–H and O–H groups in total. The predicted octanol–water partition coefficient (Wildman–Crippen LogP) is 0.274. The SMILES string of the molecule is CCCS(=O)(=O)N(CCC#N)CCN1CCOCC1. The van der Waals surface area contributed by atoms with Crippen molar-refractivity contribution in [1.29, 1.82) is 5.26 Å². The normalized spacial score (nSPS) is 17.5. The van der Waals surface area contributed by atoms with E-state index in [-0.39, 0.29) is 12.2 Å². The Hall–Kier alpha value is -0.680. The molecule has 0 spiro atoms. The lowest BCUT2D eigenvalue weighted by molar-refractivity contribution is 0.0363. The first-order valence-electron chi connectivity index (χ1n) is 6.75. The molecule has 1 rings (SSSR count). The number of morpholine rings is 1. The van der Waals surface area contributed by atoms with E-state index < -0.39 is 10.0 Å². The summed E-state index contributed by atoms with van der Waals surface area (Å²) in [4.78, 5) is 2.20. The van der Waals surface area contributed by atoms with Crippen LogP contribution in [-0.2, 0) is 14.8 Å². The summed E-state index contributed by atoms with van der Waals surface area (Å²) in [7, 11) is -3.22. The van der Waals surface area contributed by atoms with Gasteiger partial charge >= 0.3 is 0 Å². The predicted molar refractivity (Wildman–Crippen MR) is 73.1 cm³/mol. The second-order valence-corrected chi connectivity index (χ2v) is 6.67. The molecule has 0 unspecified atom stereocenters. The van der Waals surface area contributed by atoms with Crippen molar-refractivity contribution >= 4 is 10.0 Å². The number of rotatable bonds is 8. The highest BCUT2D eigenvalue weighted by atomic mass is 32.2. The zero-order valence-corrected chi connectivity index (χ0v) is 12.4. The summed E-state index contributed by atoms with van der Waals surface area (Å²) in [6.07, 6.45) is 0.842. The van der Waals surface area contributed by atoms with E-state index in [1.807, 2.05) is 13.0 Å². The van der Waals surface area contributed by atoms with Crippen molar-refractivity contribution in [1.82, 2.24) is 9.21 Å². The number of nitriles is 1. The van der Waals surface area contributed by atoms with Crippen LogP contribution in [0.3, 0.4) is 0 Å². The summed E-state index contributed by atoms with van der Waals surface area (Å²) in [6, 6.07) is 2.01. The van der Waals surface area contributed by atoms with Crippen molar-refractivity contribution in [3.63, 3.8) is 0 Å². The molecule has 0 bridgehead atoms. The third-order valence-electron chi connectivity index (χ3n) is 3.10. The highest BCUT2D eigenvalue weighted by molar-refractivity contribution is 7.89. The molecule has 19 heavy (non-hydrogen) atoms. The Kier molecular flexibility index (Phi) is 7.31. The Labute approximate surface area is 116 Å². The van der Waals surface area contributed by atoms with Gasteiger partial charge in [0.25, 0.3) is 0 Å². The first-order valence-corrected chi connectivity index (χ1v) is 8.36. The average molecular weight is 289 g/mol. The molecule has 6 nitrogen and oxygen atoms in total. The molecule has 1 aliphatic rings. The van der Waals surface area contributed by atoms with E-state index in [1.165, 1.54) is 4.31 Å². The van der Waals surface area contributed by atoms with Crippen LogP contribution < -0.4 is 0 Å². The molecule has 0 saturated carbocycles. The molecule has 1 saturated heterocycles.